The van der Waals surface area contributed by atoms with Gasteiger partial charge >= 0.3 is 11.9 Å². The number of allylic oxidation sites excluding steroid dienone is 4. The van der Waals surface area contributed by atoms with Crippen LogP contribution >= 0.6 is 36.2 Å². The lowest BCUT2D eigenvalue weighted by Crippen LogP contribution is -2.44. The lowest BCUT2D eigenvalue weighted by atomic mass is 9.69. The van der Waals surface area contributed by atoms with Crippen LogP contribution < -0.4 is 4.90 Å². The fraction of sp³-hybridized carbons (Fsp3) is 0.367. The standard InChI is InChI=1S/C30H30N2O6S3/c1-29(2)10-12-31-13-11-30(3,4)22-23(31)18(29)14-17-21(26(36)37)16(27(39)38-24(17)22)8-6-5-7-9-19-25(35)32(15-20(33)34)28(40)41-19/h5-9,14H,10-13,15H2,1-4H3,(H,33,34)(H,36,37). The summed E-state index contributed by atoms with van der Waals surface area (Å²) in [5, 5.41) is 19.9. The van der Waals surface area contributed by atoms with Gasteiger partial charge < -0.3 is 19.5 Å². The minimum atomic E-state index is -1.15. The molecular formula is C30H30N2O6S3. The predicted octanol–water partition coefficient (Wildman–Crippen LogP) is 6.43. The number of thiocarbonyl (C=S) groups is 1. The maximum absolute atomic E-state index is 12.7. The number of carbonyl (C=O) groups excluding carboxylic acids is 1. The highest BCUT2D eigenvalue weighted by Crippen LogP contribution is 2.52. The number of aliphatic carboxylic acids is 1. The largest absolute Gasteiger partial charge is 0.480 e. The molecule has 0 bridgehead atoms. The zero-order chi connectivity index (χ0) is 29.9. The van der Waals surface area contributed by atoms with Crippen LogP contribution in [-0.4, -0.2) is 56.9 Å². The Hall–Kier alpha value is -3.28. The van der Waals surface area contributed by atoms with Crippen molar-refractivity contribution in [3.8, 4) is 0 Å². The molecule has 0 unspecified atom stereocenters. The summed E-state index contributed by atoms with van der Waals surface area (Å²) in [6.45, 7) is 10.1. The van der Waals surface area contributed by atoms with Crippen LogP contribution in [0.25, 0.3) is 17.0 Å². The number of fused-ring (bicyclic) bond motifs is 2. The molecule has 1 saturated heterocycles. The van der Waals surface area contributed by atoms with E-state index in [-0.39, 0.29) is 25.4 Å². The van der Waals surface area contributed by atoms with Crippen LogP contribution in [0.15, 0.2) is 39.7 Å². The van der Waals surface area contributed by atoms with Crippen molar-refractivity contribution in [2.24, 2.45) is 0 Å². The summed E-state index contributed by atoms with van der Waals surface area (Å²) >= 11 is 11.7. The molecule has 0 aliphatic carbocycles. The number of amides is 1. The number of anilines is 1. The normalized spacial score (nSPS) is 20.5. The van der Waals surface area contributed by atoms with E-state index in [1.54, 1.807) is 24.3 Å². The smallest absolute Gasteiger partial charge is 0.337 e. The Morgan fingerprint density at radius 1 is 1.07 bits per heavy atom. The van der Waals surface area contributed by atoms with Gasteiger partial charge in [-0.2, -0.15) is 0 Å². The van der Waals surface area contributed by atoms with Crippen molar-refractivity contribution in [2.45, 2.75) is 51.4 Å². The van der Waals surface area contributed by atoms with Gasteiger partial charge in [0.05, 0.1) is 10.5 Å². The number of rotatable bonds is 6. The number of hydrogen-bond acceptors (Lipinski definition) is 8. The molecule has 0 atom stereocenters. The molecule has 0 saturated carbocycles. The summed E-state index contributed by atoms with van der Waals surface area (Å²) in [7, 11) is 0. The summed E-state index contributed by atoms with van der Waals surface area (Å²) in [6, 6.07) is 1.98. The first-order chi connectivity index (χ1) is 19.2. The fourth-order valence-corrected chi connectivity index (χ4v) is 7.22. The predicted molar refractivity (Wildman–Crippen MR) is 167 cm³/mol. The lowest BCUT2D eigenvalue weighted by Gasteiger charge is -2.48. The van der Waals surface area contributed by atoms with Gasteiger partial charge in [0.15, 0.2) is 4.71 Å². The number of benzene rings is 1. The molecule has 2 aromatic rings. The summed E-state index contributed by atoms with van der Waals surface area (Å²) in [5.41, 5.74) is 3.88. The first kappa shape index (κ1) is 29.2. The van der Waals surface area contributed by atoms with Crippen molar-refractivity contribution in [1.29, 1.82) is 0 Å². The van der Waals surface area contributed by atoms with Crippen LogP contribution in [0.5, 0.6) is 0 Å². The number of nitrogens with zero attached hydrogens (tertiary/aromatic N) is 2. The van der Waals surface area contributed by atoms with Gasteiger partial charge in [-0.05, 0) is 59.7 Å². The van der Waals surface area contributed by atoms with E-state index in [4.69, 9.17) is 34.0 Å². The highest BCUT2D eigenvalue weighted by molar-refractivity contribution is 8.26. The van der Waals surface area contributed by atoms with Crippen molar-refractivity contribution in [3.05, 3.63) is 62.2 Å². The Balaban J connectivity index is 1.58. The van der Waals surface area contributed by atoms with E-state index in [1.165, 1.54) is 6.08 Å². The van der Waals surface area contributed by atoms with Gasteiger partial charge in [-0.15, -0.1) is 0 Å². The molecule has 1 fully saturated rings. The van der Waals surface area contributed by atoms with Gasteiger partial charge in [0.2, 0.25) is 0 Å². The second-order valence-electron chi connectivity index (χ2n) is 11.7. The maximum Gasteiger partial charge on any atom is 0.337 e. The Labute approximate surface area is 252 Å². The van der Waals surface area contributed by atoms with E-state index in [9.17, 15) is 19.5 Å². The zero-order valence-electron chi connectivity index (χ0n) is 23.1. The van der Waals surface area contributed by atoms with Gasteiger partial charge in [-0.3, -0.25) is 14.5 Å². The highest BCUT2D eigenvalue weighted by Gasteiger charge is 2.42. The first-order valence-electron chi connectivity index (χ1n) is 13.2. The number of carbonyl (C=O) groups is 3. The zero-order valence-corrected chi connectivity index (χ0v) is 25.6. The van der Waals surface area contributed by atoms with Gasteiger partial charge in [0.25, 0.3) is 5.91 Å². The Bertz CT molecular complexity index is 1680. The molecule has 11 heteroatoms. The van der Waals surface area contributed by atoms with Crippen LogP contribution in [0.4, 0.5) is 5.69 Å². The van der Waals surface area contributed by atoms with E-state index in [0.717, 1.165) is 59.4 Å². The van der Waals surface area contributed by atoms with Gasteiger partial charge in [0, 0.05) is 35.3 Å². The molecule has 3 aliphatic rings. The second kappa shape index (κ2) is 10.5. The maximum atomic E-state index is 12.7. The second-order valence-corrected chi connectivity index (χ2v) is 13.7. The molecule has 0 spiro atoms. The molecule has 0 radical (unpaired) electrons. The average molecular weight is 611 g/mol. The Morgan fingerprint density at radius 3 is 2.41 bits per heavy atom. The molecule has 2 N–H and O–H groups in total. The molecule has 3 aliphatic heterocycles. The van der Waals surface area contributed by atoms with E-state index in [2.05, 4.69) is 32.6 Å². The SMILES string of the molecule is CC1(C)CCN2CCC(C)(C)c3c2c1cc1c(C(=O)O)c(C=CC=CC=C2SC(=S)N(CC(=O)O)C2=O)c(=S)oc31. The number of carboxylic acids is 2. The van der Waals surface area contributed by atoms with Gasteiger partial charge in [-0.25, -0.2) is 4.79 Å². The van der Waals surface area contributed by atoms with Crippen molar-refractivity contribution in [3.63, 3.8) is 0 Å². The fourth-order valence-electron chi connectivity index (χ4n) is 5.76. The van der Waals surface area contributed by atoms with Crippen LogP contribution in [-0.2, 0) is 20.4 Å². The molecule has 214 valence electrons. The third kappa shape index (κ3) is 5.15. The highest BCUT2D eigenvalue weighted by atomic mass is 32.2. The minimum absolute atomic E-state index is 0.0910. The van der Waals surface area contributed by atoms with Crippen molar-refractivity contribution in [1.82, 2.24) is 4.90 Å². The number of aromatic carboxylic acids is 1. The van der Waals surface area contributed by atoms with Crippen molar-refractivity contribution >= 4 is 81.1 Å². The average Bonchev–Trinajstić information content (AvgIpc) is 3.13. The minimum Gasteiger partial charge on any atom is -0.480 e. The third-order valence-electron chi connectivity index (χ3n) is 8.05. The van der Waals surface area contributed by atoms with E-state index >= 15 is 0 Å². The first-order valence-corrected chi connectivity index (χ1v) is 14.8. The molecule has 1 aromatic carbocycles. The van der Waals surface area contributed by atoms with E-state index in [1.807, 2.05) is 6.07 Å². The monoisotopic (exact) mass is 610 g/mol. The van der Waals surface area contributed by atoms with E-state index in [0.29, 0.717) is 21.4 Å². The van der Waals surface area contributed by atoms with Crippen molar-refractivity contribution < 1.29 is 29.0 Å². The molecule has 8 nitrogen and oxygen atoms in total. The van der Waals surface area contributed by atoms with Gasteiger partial charge in [-0.1, -0.05) is 69.9 Å². The van der Waals surface area contributed by atoms with Crippen LogP contribution in [0.1, 0.15) is 67.6 Å². The van der Waals surface area contributed by atoms with Crippen LogP contribution in [0.3, 0.4) is 0 Å². The molecule has 4 heterocycles. The van der Waals surface area contributed by atoms with Crippen LogP contribution in [0.2, 0.25) is 0 Å². The Kier molecular flexibility index (Phi) is 7.50. The summed E-state index contributed by atoms with van der Waals surface area (Å²) in [6.07, 6.45) is 9.89. The summed E-state index contributed by atoms with van der Waals surface area (Å²) in [5.74, 6) is -2.71. The topological polar surface area (TPSA) is 111 Å². The molecule has 1 aromatic heterocycles. The number of hydrogen-bond donors (Lipinski definition) is 2. The number of carboxylic acid groups (broad SMARTS) is 2. The summed E-state index contributed by atoms with van der Waals surface area (Å²) in [4.78, 5) is 39.9. The molecule has 1 amide bonds. The molecule has 41 heavy (non-hydrogen) atoms. The lowest BCUT2D eigenvalue weighted by molar-refractivity contribution is -0.140. The van der Waals surface area contributed by atoms with Crippen molar-refractivity contribution in [2.75, 3.05) is 24.5 Å². The molecular weight excluding hydrogens is 581 g/mol. The van der Waals surface area contributed by atoms with Crippen LogP contribution in [0, 0.1) is 4.71 Å². The van der Waals surface area contributed by atoms with E-state index < -0.39 is 24.4 Å². The van der Waals surface area contributed by atoms with Gasteiger partial charge in [0.1, 0.15) is 16.4 Å². The summed E-state index contributed by atoms with van der Waals surface area (Å²) < 4.78 is 6.56. The third-order valence-corrected chi connectivity index (χ3v) is 9.75. The molecule has 5 rings (SSSR count). The Morgan fingerprint density at radius 2 is 1.76 bits per heavy atom. The quantitative estimate of drug-likeness (QED) is 0.216. The number of thioether (sulfide) groups is 1.